The third-order valence-corrected chi connectivity index (χ3v) is 3.44. The second kappa shape index (κ2) is 6.35. The van der Waals surface area contributed by atoms with Crippen molar-refractivity contribution in [1.82, 2.24) is 0 Å². The van der Waals surface area contributed by atoms with E-state index in [1.807, 2.05) is 36.4 Å². The van der Waals surface area contributed by atoms with Crippen LogP contribution < -0.4 is 5.73 Å². The third kappa shape index (κ3) is 3.25. The van der Waals surface area contributed by atoms with Gasteiger partial charge in [-0.3, -0.25) is 0 Å². The zero-order valence-corrected chi connectivity index (χ0v) is 11.5. The Kier molecular flexibility index (Phi) is 4.53. The predicted molar refractivity (Wildman–Crippen MR) is 80.8 cm³/mol. The van der Waals surface area contributed by atoms with Crippen molar-refractivity contribution in [2.24, 2.45) is 5.73 Å². The normalized spacial score (nSPS) is 12.1. The Morgan fingerprint density at radius 3 is 2.40 bits per heavy atom. The van der Waals surface area contributed by atoms with E-state index in [1.165, 1.54) is 5.56 Å². The van der Waals surface area contributed by atoms with E-state index in [0.29, 0.717) is 5.56 Å². The number of aromatic carboxylic acids is 1. The summed E-state index contributed by atoms with van der Waals surface area (Å²) >= 11 is 0. The molecular weight excluding hydrogens is 250 g/mol. The Labute approximate surface area is 119 Å². The Bertz CT molecular complexity index is 590. The zero-order valence-electron chi connectivity index (χ0n) is 11.5. The minimum atomic E-state index is -0.905. The molecule has 0 spiro atoms. The molecular formula is C17H19NO2. The molecule has 0 aromatic heterocycles. The van der Waals surface area contributed by atoms with Gasteiger partial charge < -0.3 is 10.8 Å². The maximum atomic E-state index is 11.2. The van der Waals surface area contributed by atoms with Crippen LogP contribution in [0, 0.1) is 0 Å². The number of rotatable bonds is 5. The Balaban J connectivity index is 2.29. The van der Waals surface area contributed by atoms with Crippen LogP contribution in [0.2, 0.25) is 0 Å². The quantitative estimate of drug-likeness (QED) is 0.875. The van der Waals surface area contributed by atoms with Crippen LogP contribution in [0.3, 0.4) is 0 Å². The fourth-order valence-corrected chi connectivity index (χ4v) is 2.19. The molecule has 0 saturated carbocycles. The number of hydrogen-bond acceptors (Lipinski definition) is 2. The van der Waals surface area contributed by atoms with Crippen LogP contribution in [0.15, 0.2) is 48.5 Å². The minimum Gasteiger partial charge on any atom is -0.478 e. The van der Waals surface area contributed by atoms with Gasteiger partial charge in [0.15, 0.2) is 0 Å². The molecule has 2 aromatic carbocycles. The summed E-state index contributed by atoms with van der Waals surface area (Å²) in [7, 11) is 0. The van der Waals surface area contributed by atoms with Crippen molar-refractivity contribution >= 4 is 5.97 Å². The van der Waals surface area contributed by atoms with Crippen molar-refractivity contribution in [2.75, 3.05) is 0 Å². The summed E-state index contributed by atoms with van der Waals surface area (Å²) in [4.78, 5) is 11.2. The van der Waals surface area contributed by atoms with E-state index >= 15 is 0 Å². The third-order valence-electron chi connectivity index (χ3n) is 3.44. The summed E-state index contributed by atoms with van der Waals surface area (Å²) in [6, 6.07) is 15.2. The molecule has 3 N–H and O–H groups in total. The second-order valence-electron chi connectivity index (χ2n) is 4.92. The molecule has 0 aliphatic rings. The number of carboxylic acids is 1. The van der Waals surface area contributed by atoms with Crippen LogP contribution in [0.4, 0.5) is 0 Å². The van der Waals surface area contributed by atoms with E-state index in [-0.39, 0.29) is 6.04 Å². The average molecular weight is 269 g/mol. The van der Waals surface area contributed by atoms with Gasteiger partial charge in [0.05, 0.1) is 5.56 Å². The largest absolute Gasteiger partial charge is 0.478 e. The molecule has 1 unspecified atom stereocenters. The number of hydrogen-bond donors (Lipinski definition) is 2. The monoisotopic (exact) mass is 269 g/mol. The first-order chi connectivity index (χ1) is 9.61. The molecule has 3 nitrogen and oxygen atoms in total. The average Bonchev–Trinajstić information content (AvgIpc) is 2.48. The van der Waals surface area contributed by atoms with Crippen LogP contribution in [0.25, 0.3) is 11.1 Å². The van der Waals surface area contributed by atoms with Crippen molar-refractivity contribution in [2.45, 2.75) is 25.8 Å². The summed E-state index contributed by atoms with van der Waals surface area (Å²) in [6.07, 6.45) is 1.79. The lowest BCUT2D eigenvalue weighted by Crippen LogP contribution is -2.21. The molecule has 2 aromatic rings. The molecule has 0 bridgehead atoms. The molecule has 0 fully saturated rings. The fourth-order valence-electron chi connectivity index (χ4n) is 2.19. The van der Waals surface area contributed by atoms with Gasteiger partial charge in [-0.15, -0.1) is 0 Å². The maximum absolute atomic E-state index is 11.2. The van der Waals surface area contributed by atoms with Crippen molar-refractivity contribution in [1.29, 1.82) is 0 Å². The van der Waals surface area contributed by atoms with E-state index in [2.05, 4.69) is 6.92 Å². The molecule has 0 heterocycles. The summed E-state index contributed by atoms with van der Waals surface area (Å²) < 4.78 is 0. The molecule has 0 saturated heterocycles. The first kappa shape index (κ1) is 14.3. The van der Waals surface area contributed by atoms with Crippen molar-refractivity contribution in [3.05, 3.63) is 59.7 Å². The van der Waals surface area contributed by atoms with E-state index in [0.717, 1.165) is 24.0 Å². The molecule has 3 heteroatoms. The molecule has 20 heavy (non-hydrogen) atoms. The SMILES string of the molecule is CCC(N)Cc1ccc(-c2ccccc2C(=O)O)cc1. The van der Waals surface area contributed by atoms with Gasteiger partial charge in [-0.05, 0) is 35.6 Å². The van der Waals surface area contributed by atoms with E-state index in [9.17, 15) is 9.90 Å². The first-order valence-electron chi connectivity index (χ1n) is 6.79. The van der Waals surface area contributed by atoms with Crippen LogP contribution >= 0.6 is 0 Å². The van der Waals surface area contributed by atoms with Gasteiger partial charge in [-0.1, -0.05) is 49.4 Å². The highest BCUT2D eigenvalue weighted by molar-refractivity contribution is 5.95. The molecule has 1 atom stereocenters. The van der Waals surface area contributed by atoms with Gasteiger partial charge in [0, 0.05) is 6.04 Å². The maximum Gasteiger partial charge on any atom is 0.336 e. The Morgan fingerprint density at radius 2 is 1.80 bits per heavy atom. The Morgan fingerprint density at radius 1 is 1.15 bits per heavy atom. The summed E-state index contributed by atoms with van der Waals surface area (Å²) in [5.41, 5.74) is 9.10. The van der Waals surface area contributed by atoms with Gasteiger partial charge in [-0.2, -0.15) is 0 Å². The number of carbonyl (C=O) groups is 1. The van der Waals surface area contributed by atoms with Crippen molar-refractivity contribution < 1.29 is 9.90 Å². The minimum absolute atomic E-state index is 0.173. The second-order valence-corrected chi connectivity index (χ2v) is 4.92. The van der Waals surface area contributed by atoms with Crippen LogP contribution in [-0.4, -0.2) is 17.1 Å². The topological polar surface area (TPSA) is 63.3 Å². The number of benzene rings is 2. The van der Waals surface area contributed by atoms with Crippen molar-refractivity contribution in [3.63, 3.8) is 0 Å². The summed E-state index contributed by atoms with van der Waals surface area (Å²) in [5, 5.41) is 9.22. The highest BCUT2D eigenvalue weighted by Gasteiger charge is 2.10. The van der Waals surface area contributed by atoms with Crippen LogP contribution in [0.5, 0.6) is 0 Å². The van der Waals surface area contributed by atoms with E-state index in [4.69, 9.17) is 5.73 Å². The number of nitrogens with two attached hydrogens (primary N) is 1. The summed E-state index contributed by atoms with van der Waals surface area (Å²) in [5.74, 6) is -0.905. The molecule has 0 amide bonds. The number of carboxylic acid groups (broad SMARTS) is 1. The fraction of sp³-hybridized carbons (Fsp3) is 0.235. The summed E-state index contributed by atoms with van der Waals surface area (Å²) in [6.45, 7) is 2.07. The van der Waals surface area contributed by atoms with Crippen molar-refractivity contribution in [3.8, 4) is 11.1 Å². The van der Waals surface area contributed by atoms with Gasteiger partial charge in [-0.25, -0.2) is 4.79 Å². The molecule has 104 valence electrons. The van der Waals surface area contributed by atoms with E-state index < -0.39 is 5.97 Å². The Hall–Kier alpha value is -2.13. The van der Waals surface area contributed by atoms with E-state index in [1.54, 1.807) is 12.1 Å². The van der Waals surface area contributed by atoms with Crippen LogP contribution in [-0.2, 0) is 6.42 Å². The molecule has 0 aliphatic heterocycles. The lowest BCUT2D eigenvalue weighted by atomic mass is 9.97. The highest BCUT2D eigenvalue weighted by Crippen LogP contribution is 2.24. The molecule has 0 aliphatic carbocycles. The lowest BCUT2D eigenvalue weighted by Gasteiger charge is -2.10. The zero-order chi connectivity index (χ0) is 14.5. The molecule has 0 radical (unpaired) electrons. The van der Waals surface area contributed by atoms with Gasteiger partial charge in [0.2, 0.25) is 0 Å². The first-order valence-corrected chi connectivity index (χ1v) is 6.79. The smallest absolute Gasteiger partial charge is 0.336 e. The van der Waals surface area contributed by atoms with Gasteiger partial charge in [0.25, 0.3) is 0 Å². The van der Waals surface area contributed by atoms with Gasteiger partial charge in [0.1, 0.15) is 0 Å². The standard InChI is InChI=1S/C17H19NO2/c1-2-14(18)11-12-7-9-13(10-8-12)15-5-3-4-6-16(15)17(19)20/h3-10,14H,2,11,18H2,1H3,(H,19,20). The van der Waals surface area contributed by atoms with Gasteiger partial charge >= 0.3 is 5.97 Å². The predicted octanol–water partition coefficient (Wildman–Crippen LogP) is 3.33. The lowest BCUT2D eigenvalue weighted by molar-refractivity contribution is 0.0697. The molecule has 2 rings (SSSR count). The van der Waals surface area contributed by atoms with Crippen LogP contribution in [0.1, 0.15) is 29.3 Å². The highest BCUT2D eigenvalue weighted by atomic mass is 16.4.